The highest BCUT2D eigenvalue weighted by Crippen LogP contribution is 2.34. The number of nitrogens with zero attached hydrogens (tertiary/aromatic N) is 1. The number of fused-ring (bicyclic) bond motifs is 1. The summed E-state index contributed by atoms with van der Waals surface area (Å²) < 4.78 is 0. The highest BCUT2D eigenvalue weighted by Gasteiger charge is 2.34. The third-order valence-corrected chi connectivity index (χ3v) is 5.23. The van der Waals surface area contributed by atoms with Crippen LogP contribution in [0.4, 0.5) is 11.4 Å². The largest absolute Gasteiger partial charge is 0.317 e. The predicted molar refractivity (Wildman–Crippen MR) is 110 cm³/mol. The first-order valence-electron chi connectivity index (χ1n) is 9.66. The molecule has 0 aromatic heterocycles. The first-order valence-corrected chi connectivity index (χ1v) is 9.66. The van der Waals surface area contributed by atoms with Gasteiger partial charge in [0.2, 0.25) is 0 Å². The molecule has 2 amide bonds. The number of carbonyl (C=O) groups is 2. The molecule has 142 valence electrons. The Hall–Kier alpha value is -2.62. The van der Waals surface area contributed by atoms with E-state index in [1.807, 2.05) is 49.4 Å². The Kier molecular flexibility index (Phi) is 5.36. The minimum absolute atomic E-state index is 0.0226. The lowest BCUT2D eigenvalue weighted by molar-refractivity contribution is -0.134. The Morgan fingerprint density at radius 2 is 1.56 bits per heavy atom. The summed E-state index contributed by atoms with van der Waals surface area (Å²) in [6, 6.07) is 13.8. The Labute approximate surface area is 161 Å². The zero-order chi connectivity index (χ0) is 19.7. The summed E-state index contributed by atoms with van der Waals surface area (Å²) in [5.74, 6) is -0.574. The summed E-state index contributed by atoms with van der Waals surface area (Å²) in [5, 5.41) is 2.94. The van der Waals surface area contributed by atoms with E-state index in [9.17, 15) is 9.59 Å². The van der Waals surface area contributed by atoms with Crippen LogP contribution < -0.4 is 10.2 Å². The van der Waals surface area contributed by atoms with Crippen LogP contribution in [0.15, 0.2) is 42.5 Å². The second kappa shape index (κ2) is 7.55. The van der Waals surface area contributed by atoms with Crippen LogP contribution in [0.2, 0.25) is 0 Å². The third-order valence-electron chi connectivity index (χ3n) is 5.23. The van der Waals surface area contributed by atoms with Crippen molar-refractivity contribution in [3.05, 3.63) is 59.2 Å². The summed E-state index contributed by atoms with van der Waals surface area (Å²) in [4.78, 5) is 27.5. The van der Waals surface area contributed by atoms with Crippen LogP contribution in [0.25, 0.3) is 0 Å². The minimum atomic E-state index is -0.575. The van der Waals surface area contributed by atoms with Crippen LogP contribution in [0.5, 0.6) is 0 Å². The smallest absolute Gasteiger partial charge is 0.316 e. The maximum atomic E-state index is 13.0. The number of para-hydroxylation sites is 2. The van der Waals surface area contributed by atoms with Crippen LogP contribution >= 0.6 is 0 Å². The van der Waals surface area contributed by atoms with Crippen LogP contribution in [-0.4, -0.2) is 17.9 Å². The molecule has 0 spiro atoms. The standard InChI is InChI=1S/C23H28N2O2/c1-14(2)18-10-8-11-19(15(3)4)21(18)24-22(26)23(27)25-16(5)13-17-9-6-7-12-20(17)25/h6-12,14-16H,13H2,1-5H3,(H,24,26). The fraction of sp³-hybridized carbons (Fsp3) is 0.391. The first-order chi connectivity index (χ1) is 12.8. The Balaban J connectivity index is 1.91. The van der Waals surface area contributed by atoms with Gasteiger partial charge in [0.25, 0.3) is 0 Å². The molecule has 2 aromatic carbocycles. The molecule has 0 saturated carbocycles. The van der Waals surface area contributed by atoms with Gasteiger partial charge in [-0.25, -0.2) is 0 Å². The van der Waals surface area contributed by atoms with E-state index in [4.69, 9.17) is 0 Å². The molecule has 4 heteroatoms. The fourth-order valence-electron chi connectivity index (χ4n) is 3.85. The molecule has 1 atom stereocenters. The molecule has 0 saturated heterocycles. The van der Waals surface area contributed by atoms with Gasteiger partial charge >= 0.3 is 11.8 Å². The normalized spacial score (nSPS) is 16.0. The van der Waals surface area contributed by atoms with Gasteiger partial charge in [0, 0.05) is 17.4 Å². The average Bonchev–Trinajstić information content (AvgIpc) is 2.96. The summed E-state index contributed by atoms with van der Waals surface area (Å²) in [6.07, 6.45) is 0.773. The van der Waals surface area contributed by atoms with Crippen LogP contribution in [0.1, 0.15) is 63.1 Å². The van der Waals surface area contributed by atoms with Crippen molar-refractivity contribution in [2.45, 2.75) is 58.9 Å². The molecule has 0 aliphatic carbocycles. The molecule has 2 aromatic rings. The van der Waals surface area contributed by atoms with Gasteiger partial charge in [-0.05, 0) is 47.9 Å². The maximum Gasteiger partial charge on any atom is 0.316 e. The monoisotopic (exact) mass is 364 g/mol. The van der Waals surface area contributed by atoms with Gasteiger partial charge in [0.05, 0.1) is 0 Å². The average molecular weight is 364 g/mol. The van der Waals surface area contributed by atoms with E-state index >= 15 is 0 Å². The van der Waals surface area contributed by atoms with Gasteiger partial charge in [0.15, 0.2) is 0 Å². The molecule has 1 aliphatic rings. The van der Waals surface area contributed by atoms with Crippen molar-refractivity contribution in [1.82, 2.24) is 0 Å². The number of anilines is 2. The van der Waals surface area contributed by atoms with Crippen molar-refractivity contribution in [3.63, 3.8) is 0 Å². The van der Waals surface area contributed by atoms with Crippen LogP contribution in [0.3, 0.4) is 0 Å². The first kappa shape index (κ1) is 19.2. The molecule has 4 nitrogen and oxygen atoms in total. The highest BCUT2D eigenvalue weighted by atomic mass is 16.2. The Morgan fingerprint density at radius 3 is 2.15 bits per heavy atom. The zero-order valence-corrected chi connectivity index (χ0v) is 16.7. The zero-order valence-electron chi connectivity index (χ0n) is 16.7. The Bertz CT molecular complexity index is 844. The summed E-state index contributed by atoms with van der Waals surface area (Å²) >= 11 is 0. The molecule has 3 rings (SSSR count). The number of carbonyl (C=O) groups excluding carboxylic acids is 2. The van der Waals surface area contributed by atoms with Crippen molar-refractivity contribution in [2.75, 3.05) is 10.2 Å². The number of hydrogen-bond donors (Lipinski definition) is 1. The number of nitrogens with one attached hydrogen (secondary N) is 1. The lowest BCUT2D eigenvalue weighted by Gasteiger charge is -2.24. The van der Waals surface area contributed by atoms with Crippen molar-refractivity contribution >= 4 is 23.2 Å². The summed E-state index contributed by atoms with van der Waals surface area (Å²) in [7, 11) is 0. The van der Waals surface area contributed by atoms with Gasteiger partial charge in [-0.15, -0.1) is 0 Å². The van der Waals surface area contributed by atoms with Crippen molar-refractivity contribution < 1.29 is 9.59 Å². The highest BCUT2D eigenvalue weighted by molar-refractivity contribution is 6.44. The number of amides is 2. The maximum absolute atomic E-state index is 13.0. The number of rotatable bonds is 3. The minimum Gasteiger partial charge on any atom is -0.317 e. The van der Waals surface area contributed by atoms with Crippen molar-refractivity contribution in [3.8, 4) is 0 Å². The molecule has 1 unspecified atom stereocenters. The molecule has 0 fully saturated rings. The van der Waals surface area contributed by atoms with Gasteiger partial charge in [0.1, 0.15) is 0 Å². The summed E-state index contributed by atoms with van der Waals surface area (Å²) in [6.45, 7) is 10.4. The molecule has 0 bridgehead atoms. The second-order valence-corrected chi connectivity index (χ2v) is 7.93. The van der Waals surface area contributed by atoms with E-state index in [2.05, 4.69) is 33.0 Å². The fourth-order valence-corrected chi connectivity index (χ4v) is 3.85. The molecular weight excluding hydrogens is 336 g/mol. The Morgan fingerprint density at radius 1 is 0.963 bits per heavy atom. The van der Waals surface area contributed by atoms with E-state index in [0.29, 0.717) is 0 Å². The molecular formula is C23H28N2O2. The quantitative estimate of drug-likeness (QED) is 0.792. The predicted octanol–water partition coefficient (Wildman–Crippen LogP) is 4.85. The number of hydrogen-bond acceptors (Lipinski definition) is 2. The lowest BCUT2D eigenvalue weighted by atomic mass is 9.92. The summed E-state index contributed by atoms with van der Waals surface area (Å²) in [5.41, 5.74) is 4.83. The molecule has 1 N–H and O–H groups in total. The van der Waals surface area contributed by atoms with Crippen molar-refractivity contribution in [1.29, 1.82) is 0 Å². The van der Waals surface area contributed by atoms with E-state index < -0.39 is 11.8 Å². The van der Waals surface area contributed by atoms with Gasteiger partial charge < -0.3 is 10.2 Å². The molecule has 1 heterocycles. The molecule has 27 heavy (non-hydrogen) atoms. The van der Waals surface area contributed by atoms with Gasteiger partial charge in [-0.2, -0.15) is 0 Å². The van der Waals surface area contributed by atoms with E-state index in [-0.39, 0.29) is 17.9 Å². The van der Waals surface area contributed by atoms with Gasteiger partial charge in [-0.1, -0.05) is 64.1 Å². The van der Waals surface area contributed by atoms with E-state index in [1.54, 1.807) is 4.90 Å². The van der Waals surface area contributed by atoms with E-state index in [1.165, 1.54) is 0 Å². The molecule has 0 radical (unpaired) electrons. The topological polar surface area (TPSA) is 49.4 Å². The van der Waals surface area contributed by atoms with Gasteiger partial charge in [-0.3, -0.25) is 9.59 Å². The second-order valence-electron chi connectivity index (χ2n) is 7.93. The third kappa shape index (κ3) is 3.61. The van der Waals surface area contributed by atoms with Crippen molar-refractivity contribution in [2.24, 2.45) is 0 Å². The number of benzene rings is 2. The lowest BCUT2D eigenvalue weighted by Crippen LogP contribution is -2.43. The van der Waals surface area contributed by atoms with Crippen LogP contribution in [0, 0.1) is 0 Å². The SMILES string of the molecule is CC(C)c1cccc(C(C)C)c1NC(=O)C(=O)N1c2ccccc2CC1C. The van der Waals surface area contributed by atoms with E-state index in [0.717, 1.165) is 34.5 Å². The molecule has 1 aliphatic heterocycles. The van der Waals surface area contributed by atoms with Crippen LogP contribution in [-0.2, 0) is 16.0 Å².